The number of aryl methyl sites for hydroxylation is 1. The minimum Gasteiger partial charge on any atom is -0.369 e. The third-order valence-electron chi connectivity index (χ3n) is 6.69. The van der Waals surface area contributed by atoms with Crippen LogP contribution in [0, 0.1) is 0 Å². The van der Waals surface area contributed by atoms with Gasteiger partial charge in [-0.2, -0.15) is 13.2 Å². The fraction of sp³-hybridized carbons (Fsp3) is 0.625. The van der Waals surface area contributed by atoms with E-state index in [9.17, 15) is 13.2 Å². The number of aromatic amines is 1. The molecule has 1 aromatic carbocycles. The van der Waals surface area contributed by atoms with Crippen molar-refractivity contribution >= 4 is 5.69 Å². The summed E-state index contributed by atoms with van der Waals surface area (Å²) in [6, 6.07) is 6.22. The first-order valence-electron chi connectivity index (χ1n) is 11.8. The van der Waals surface area contributed by atoms with Crippen molar-refractivity contribution in [2.75, 3.05) is 44.2 Å². The van der Waals surface area contributed by atoms with Gasteiger partial charge in [-0.3, -0.25) is 9.80 Å². The molecule has 0 unspecified atom stereocenters. The molecule has 2 aromatic rings. The highest BCUT2D eigenvalue weighted by Gasteiger charge is 2.32. The first kappa shape index (κ1) is 23.1. The Morgan fingerprint density at radius 1 is 1.12 bits per heavy atom. The third kappa shape index (κ3) is 5.84. The molecule has 2 aliphatic rings. The molecule has 176 valence electrons. The molecule has 0 bridgehead atoms. The van der Waals surface area contributed by atoms with E-state index in [0.29, 0.717) is 11.7 Å². The number of hydrogen-bond acceptors (Lipinski definition) is 4. The second kappa shape index (κ2) is 10.3. The summed E-state index contributed by atoms with van der Waals surface area (Å²) in [6.45, 7) is 8.53. The fourth-order valence-electron chi connectivity index (χ4n) is 4.90. The monoisotopic (exact) mass is 449 g/mol. The molecular formula is C24H34F3N5. The average molecular weight is 450 g/mol. The van der Waals surface area contributed by atoms with E-state index in [-0.39, 0.29) is 0 Å². The van der Waals surface area contributed by atoms with Crippen molar-refractivity contribution in [3.05, 3.63) is 47.5 Å². The molecule has 0 radical (unpaired) electrons. The number of alkyl halides is 3. The zero-order chi connectivity index (χ0) is 22.6. The van der Waals surface area contributed by atoms with Crippen LogP contribution in [0.25, 0.3) is 0 Å². The summed E-state index contributed by atoms with van der Waals surface area (Å²) in [7, 11) is 0. The number of nitrogens with one attached hydrogen (secondary N) is 1. The number of rotatable bonds is 7. The lowest BCUT2D eigenvalue weighted by molar-refractivity contribution is -0.137. The van der Waals surface area contributed by atoms with Crippen molar-refractivity contribution in [2.24, 2.45) is 0 Å². The summed E-state index contributed by atoms with van der Waals surface area (Å²) in [6.07, 6.45) is 3.38. The number of piperazine rings is 1. The van der Waals surface area contributed by atoms with Gasteiger partial charge in [0.2, 0.25) is 0 Å². The molecule has 1 atom stereocenters. The van der Waals surface area contributed by atoms with Gasteiger partial charge in [0.25, 0.3) is 0 Å². The van der Waals surface area contributed by atoms with Crippen LogP contribution in [0.15, 0.2) is 30.5 Å². The molecule has 5 nitrogen and oxygen atoms in total. The maximum absolute atomic E-state index is 13.1. The minimum absolute atomic E-state index is 0.509. The van der Waals surface area contributed by atoms with Gasteiger partial charge in [0.05, 0.1) is 5.56 Å². The quantitative estimate of drug-likeness (QED) is 0.673. The van der Waals surface area contributed by atoms with Gasteiger partial charge in [-0.15, -0.1) is 0 Å². The average Bonchev–Trinajstić information content (AvgIpc) is 3.24. The molecule has 2 aliphatic heterocycles. The van der Waals surface area contributed by atoms with E-state index in [1.807, 2.05) is 6.20 Å². The molecule has 0 spiro atoms. The Bertz CT molecular complexity index is 857. The number of nitrogens with zero attached hydrogens (tertiary/aromatic N) is 4. The number of H-pyrrole nitrogens is 1. The lowest BCUT2D eigenvalue weighted by atomic mass is 10.0. The van der Waals surface area contributed by atoms with E-state index in [0.717, 1.165) is 70.5 Å². The van der Waals surface area contributed by atoms with Gasteiger partial charge in [0.15, 0.2) is 0 Å². The van der Waals surface area contributed by atoms with Crippen LogP contribution < -0.4 is 4.90 Å². The summed E-state index contributed by atoms with van der Waals surface area (Å²) in [4.78, 5) is 15.1. The SMILES string of the molecule is CCCCc1ncc(CN2CCC[C@@H](N3CCN(c4cccc(C(F)(F)F)c4)CC3)C2)[nH]1. The Morgan fingerprint density at radius 3 is 2.69 bits per heavy atom. The lowest BCUT2D eigenvalue weighted by Crippen LogP contribution is -2.55. The van der Waals surface area contributed by atoms with Crippen LogP contribution in [-0.4, -0.2) is 65.1 Å². The Labute approximate surface area is 188 Å². The molecular weight excluding hydrogens is 415 g/mol. The maximum atomic E-state index is 13.1. The van der Waals surface area contributed by atoms with E-state index in [4.69, 9.17) is 0 Å². The molecule has 2 fully saturated rings. The molecule has 0 amide bonds. The number of imidazole rings is 1. The van der Waals surface area contributed by atoms with Gasteiger partial charge in [0.1, 0.15) is 5.82 Å². The minimum atomic E-state index is -4.30. The van der Waals surface area contributed by atoms with Crippen LogP contribution in [0.5, 0.6) is 0 Å². The van der Waals surface area contributed by atoms with E-state index in [1.54, 1.807) is 6.07 Å². The van der Waals surface area contributed by atoms with Crippen LogP contribution in [-0.2, 0) is 19.1 Å². The number of anilines is 1. The van der Waals surface area contributed by atoms with Gasteiger partial charge < -0.3 is 9.88 Å². The summed E-state index contributed by atoms with van der Waals surface area (Å²) >= 11 is 0. The van der Waals surface area contributed by atoms with E-state index >= 15 is 0 Å². The van der Waals surface area contributed by atoms with Crippen molar-refractivity contribution in [1.29, 1.82) is 0 Å². The topological polar surface area (TPSA) is 38.4 Å². The number of halogens is 3. The van der Waals surface area contributed by atoms with Gasteiger partial charge in [0, 0.05) is 69.3 Å². The van der Waals surface area contributed by atoms with Crippen LogP contribution in [0.4, 0.5) is 18.9 Å². The molecule has 1 aromatic heterocycles. The Kier molecular flexibility index (Phi) is 7.40. The number of likely N-dealkylation sites (tertiary alicyclic amines) is 1. The molecule has 2 saturated heterocycles. The standard InChI is InChI=1S/C24H34F3N5/c1-2-3-9-23-28-16-20(29-23)17-30-10-5-8-22(18-30)32-13-11-31(12-14-32)21-7-4-6-19(15-21)24(25,26)27/h4,6-7,15-16,22H,2-3,5,8-14,17-18H2,1H3,(H,28,29)/t22-/m1/s1. The number of piperidine rings is 1. The maximum Gasteiger partial charge on any atom is 0.416 e. The van der Waals surface area contributed by atoms with E-state index in [1.165, 1.54) is 37.1 Å². The Morgan fingerprint density at radius 2 is 1.94 bits per heavy atom. The molecule has 8 heteroatoms. The molecule has 32 heavy (non-hydrogen) atoms. The normalized spacial score (nSPS) is 21.2. The lowest BCUT2D eigenvalue weighted by Gasteiger charge is -2.44. The zero-order valence-corrected chi connectivity index (χ0v) is 18.9. The highest BCUT2D eigenvalue weighted by molar-refractivity contribution is 5.49. The van der Waals surface area contributed by atoms with Crippen LogP contribution >= 0.6 is 0 Å². The molecule has 1 N–H and O–H groups in total. The highest BCUT2D eigenvalue weighted by Crippen LogP contribution is 2.32. The van der Waals surface area contributed by atoms with Crippen LogP contribution in [0.1, 0.15) is 49.7 Å². The second-order valence-corrected chi connectivity index (χ2v) is 9.06. The number of aromatic nitrogens is 2. The van der Waals surface area contributed by atoms with Gasteiger partial charge in [-0.1, -0.05) is 19.4 Å². The fourth-order valence-corrected chi connectivity index (χ4v) is 4.90. The molecule has 4 rings (SSSR count). The summed E-state index contributed by atoms with van der Waals surface area (Å²) in [5.74, 6) is 1.08. The Balaban J connectivity index is 1.29. The molecule has 0 aliphatic carbocycles. The number of unbranched alkanes of at least 4 members (excludes halogenated alkanes) is 1. The summed E-state index contributed by atoms with van der Waals surface area (Å²) in [5.41, 5.74) is 1.28. The van der Waals surface area contributed by atoms with Crippen molar-refractivity contribution in [3.8, 4) is 0 Å². The van der Waals surface area contributed by atoms with Crippen molar-refractivity contribution in [1.82, 2.24) is 19.8 Å². The predicted molar refractivity (Wildman–Crippen MR) is 121 cm³/mol. The van der Waals surface area contributed by atoms with Crippen molar-refractivity contribution < 1.29 is 13.2 Å². The van der Waals surface area contributed by atoms with Gasteiger partial charge >= 0.3 is 6.18 Å². The molecule has 3 heterocycles. The predicted octanol–water partition coefficient (Wildman–Crippen LogP) is 4.56. The van der Waals surface area contributed by atoms with Gasteiger partial charge in [-0.05, 0) is 44.0 Å². The Hall–Kier alpha value is -2.06. The first-order chi connectivity index (χ1) is 15.4. The zero-order valence-electron chi connectivity index (χ0n) is 18.9. The van der Waals surface area contributed by atoms with Crippen LogP contribution in [0.2, 0.25) is 0 Å². The number of hydrogen-bond donors (Lipinski definition) is 1. The van der Waals surface area contributed by atoms with Gasteiger partial charge in [-0.25, -0.2) is 4.98 Å². The second-order valence-electron chi connectivity index (χ2n) is 9.06. The first-order valence-corrected chi connectivity index (χ1v) is 11.8. The van der Waals surface area contributed by atoms with Crippen molar-refractivity contribution in [2.45, 2.75) is 57.8 Å². The summed E-state index contributed by atoms with van der Waals surface area (Å²) in [5, 5.41) is 0. The van der Waals surface area contributed by atoms with Crippen molar-refractivity contribution in [3.63, 3.8) is 0 Å². The van der Waals surface area contributed by atoms with E-state index < -0.39 is 11.7 Å². The largest absolute Gasteiger partial charge is 0.416 e. The summed E-state index contributed by atoms with van der Waals surface area (Å²) < 4.78 is 39.2. The smallest absolute Gasteiger partial charge is 0.369 e. The molecule has 0 saturated carbocycles. The third-order valence-corrected chi connectivity index (χ3v) is 6.69. The van der Waals surface area contributed by atoms with E-state index in [2.05, 4.69) is 31.6 Å². The highest BCUT2D eigenvalue weighted by atomic mass is 19.4. The van der Waals surface area contributed by atoms with Crippen LogP contribution in [0.3, 0.4) is 0 Å². The number of benzene rings is 1.